The number of aliphatic imine (C=N–C) groups is 1. The zero-order valence-electron chi connectivity index (χ0n) is 14.6. The van der Waals surface area contributed by atoms with Crippen molar-refractivity contribution in [3.63, 3.8) is 0 Å². The second-order valence-electron chi connectivity index (χ2n) is 7.31. The lowest BCUT2D eigenvalue weighted by Gasteiger charge is -2.21. The minimum Gasteiger partial charge on any atom is -0.356 e. The maximum absolute atomic E-state index is 11.7. The van der Waals surface area contributed by atoms with Crippen LogP contribution in [0.4, 0.5) is 0 Å². The Labute approximate surface area is 147 Å². The highest BCUT2D eigenvalue weighted by molar-refractivity contribution is 14.0. The molecule has 0 saturated carbocycles. The van der Waals surface area contributed by atoms with Crippen LogP contribution in [0.1, 0.15) is 54.4 Å². The molecular weight excluding hydrogens is 379 g/mol. The van der Waals surface area contributed by atoms with Crippen LogP contribution < -0.4 is 16.0 Å². The van der Waals surface area contributed by atoms with Crippen LogP contribution in [-0.2, 0) is 4.79 Å². The number of hydrogen-bond acceptors (Lipinski definition) is 2. The van der Waals surface area contributed by atoms with Gasteiger partial charge in [-0.15, -0.1) is 24.0 Å². The normalized spacial score (nSPS) is 12.4. The molecule has 0 atom stereocenters. The number of nitrogens with zero attached hydrogens (tertiary/aromatic N) is 1. The van der Waals surface area contributed by atoms with Gasteiger partial charge in [-0.3, -0.25) is 9.79 Å². The van der Waals surface area contributed by atoms with Crippen LogP contribution in [0.2, 0.25) is 0 Å². The van der Waals surface area contributed by atoms with E-state index in [1.807, 2.05) is 20.8 Å². The van der Waals surface area contributed by atoms with E-state index in [0.717, 1.165) is 19.4 Å². The first-order valence-corrected chi connectivity index (χ1v) is 7.29. The molecular formula is C15H33IN4O. The van der Waals surface area contributed by atoms with Crippen molar-refractivity contribution in [2.24, 2.45) is 10.4 Å². The molecule has 0 aliphatic heterocycles. The fourth-order valence-corrected chi connectivity index (χ4v) is 1.67. The van der Waals surface area contributed by atoms with Gasteiger partial charge < -0.3 is 16.0 Å². The van der Waals surface area contributed by atoms with E-state index < -0.39 is 0 Å². The molecule has 0 heterocycles. The molecule has 0 aliphatic carbocycles. The van der Waals surface area contributed by atoms with Gasteiger partial charge in [0.05, 0.1) is 6.54 Å². The molecule has 0 radical (unpaired) electrons. The SMILES string of the molecule is CN=C(NCCCC(C)(C)C)NCC(=O)NC(C)(C)C.I. The summed E-state index contributed by atoms with van der Waals surface area (Å²) in [6.45, 7) is 13.7. The molecule has 1 amide bonds. The summed E-state index contributed by atoms with van der Waals surface area (Å²) in [5.41, 5.74) is 0.146. The molecule has 0 rings (SSSR count). The quantitative estimate of drug-likeness (QED) is 0.281. The Morgan fingerprint density at radius 1 is 1.05 bits per heavy atom. The molecule has 5 nitrogen and oxygen atoms in total. The van der Waals surface area contributed by atoms with E-state index in [0.29, 0.717) is 11.4 Å². The molecule has 3 N–H and O–H groups in total. The molecule has 0 aromatic carbocycles. The molecule has 6 heteroatoms. The van der Waals surface area contributed by atoms with E-state index in [-0.39, 0.29) is 42.0 Å². The number of nitrogens with one attached hydrogen (secondary N) is 3. The summed E-state index contributed by atoms with van der Waals surface area (Å²) < 4.78 is 0. The molecule has 0 bridgehead atoms. The van der Waals surface area contributed by atoms with Gasteiger partial charge >= 0.3 is 0 Å². The molecule has 0 aliphatic rings. The Bertz CT molecular complexity index is 330. The van der Waals surface area contributed by atoms with Crippen molar-refractivity contribution in [2.75, 3.05) is 20.1 Å². The van der Waals surface area contributed by atoms with Crippen LogP contribution in [0, 0.1) is 5.41 Å². The first-order valence-electron chi connectivity index (χ1n) is 7.29. The van der Waals surface area contributed by atoms with Crippen LogP contribution in [0.25, 0.3) is 0 Å². The first kappa shape index (κ1) is 22.7. The van der Waals surface area contributed by atoms with Crippen LogP contribution in [-0.4, -0.2) is 37.5 Å². The van der Waals surface area contributed by atoms with Gasteiger partial charge in [0.25, 0.3) is 0 Å². The highest BCUT2D eigenvalue weighted by Crippen LogP contribution is 2.19. The largest absolute Gasteiger partial charge is 0.356 e. The Morgan fingerprint density at radius 3 is 2.05 bits per heavy atom. The Morgan fingerprint density at radius 2 is 1.62 bits per heavy atom. The van der Waals surface area contributed by atoms with Gasteiger partial charge in [-0.05, 0) is 39.0 Å². The average Bonchev–Trinajstić information content (AvgIpc) is 2.24. The number of carbonyl (C=O) groups excluding carboxylic acids is 1. The molecule has 21 heavy (non-hydrogen) atoms. The summed E-state index contributed by atoms with van der Waals surface area (Å²) in [5.74, 6) is 0.637. The van der Waals surface area contributed by atoms with Gasteiger partial charge in [0, 0.05) is 19.1 Å². The second-order valence-corrected chi connectivity index (χ2v) is 7.31. The van der Waals surface area contributed by atoms with E-state index in [1.165, 1.54) is 0 Å². The Kier molecular flexibility index (Phi) is 11.1. The van der Waals surface area contributed by atoms with Gasteiger partial charge in [0.15, 0.2) is 5.96 Å². The summed E-state index contributed by atoms with van der Waals surface area (Å²) in [5, 5.41) is 9.14. The highest BCUT2D eigenvalue weighted by atomic mass is 127. The van der Waals surface area contributed by atoms with Crippen LogP contribution in [0.15, 0.2) is 4.99 Å². The minimum atomic E-state index is -0.206. The third-order valence-electron chi connectivity index (χ3n) is 2.55. The Hall–Kier alpha value is -0.530. The van der Waals surface area contributed by atoms with E-state index in [2.05, 4.69) is 41.7 Å². The molecule has 126 valence electrons. The minimum absolute atomic E-state index is 0. The van der Waals surface area contributed by atoms with E-state index in [9.17, 15) is 4.79 Å². The standard InChI is InChI=1S/C15H32N4O.HI/c1-14(2,3)9-8-10-17-13(16-7)18-11-12(20)19-15(4,5)6;/h8-11H2,1-7H3,(H,19,20)(H2,16,17,18);1H. The van der Waals surface area contributed by atoms with E-state index >= 15 is 0 Å². The molecule has 0 aromatic heterocycles. The predicted molar refractivity (Wildman–Crippen MR) is 101 cm³/mol. The lowest BCUT2D eigenvalue weighted by Crippen LogP contribution is -2.48. The van der Waals surface area contributed by atoms with E-state index in [1.54, 1.807) is 7.05 Å². The van der Waals surface area contributed by atoms with Crippen molar-refractivity contribution in [2.45, 2.75) is 59.9 Å². The van der Waals surface area contributed by atoms with Gasteiger partial charge in [-0.2, -0.15) is 0 Å². The highest BCUT2D eigenvalue weighted by Gasteiger charge is 2.13. The third kappa shape index (κ3) is 15.7. The summed E-state index contributed by atoms with van der Waals surface area (Å²) >= 11 is 0. The van der Waals surface area contributed by atoms with Crippen molar-refractivity contribution < 1.29 is 4.79 Å². The molecule has 0 saturated heterocycles. The monoisotopic (exact) mass is 412 g/mol. The predicted octanol–water partition coefficient (Wildman–Crippen LogP) is 2.51. The Balaban J connectivity index is 0. The number of halogens is 1. The average molecular weight is 412 g/mol. The maximum atomic E-state index is 11.7. The number of hydrogen-bond donors (Lipinski definition) is 3. The summed E-state index contributed by atoms with van der Waals surface area (Å²) in [6.07, 6.45) is 2.24. The van der Waals surface area contributed by atoms with Crippen molar-refractivity contribution in [3.8, 4) is 0 Å². The van der Waals surface area contributed by atoms with Crippen LogP contribution in [0.5, 0.6) is 0 Å². The number of amides is 1. The summed E-state index contributed by atoms with van der Waals surface area (Å²) in [6, 6.07) is 0. The van der Waals surface area contributed by atoms with Crippen molar-refractivity contribution in [3.05, 3.63) is 0 Å². The van der Waals surface area contributed by atoms with Crippen molar-refractivity contribution in [1.29, 1.82) is 0 Å². The van der Waals surface area contributed by atoms with Gasteiger partial charge in [0.2, 0.25) is 5.91 Å². The van der Waals surface area contributed by atoms with Gasteiger partial charge in [-0.25, -0.2) is 0 Å². The number of rotatable bonds is 5. The maximum Gasteiger partial charge on any atom is 0.239 e. The fourth-order valence-electron chi connectivity index (χ4n) is 1.67. The van der Waals surface area contributed by atoms with Crippen LogP contribution in [0.3, 0.4) is 0 Å². The summed E-state index contributed by atoms with van der Waals surface area (Å²) in [4.78, 5) is 15.8. The van der Waals surface area contributed by atoms with E-state index in [4.69, 9.17) is 0 Å². The lowest BCUT2D eigenvalue weighted by molar-refractivity contribution is -0.121. The lowest BCUT2D eigenvalue weighted by atomic mass is 9.91. The van der Waals surface area contributed by atoms with Crippen molar-refractivity contribution in [1.82, 2.24) is 16.0 Å². The molecule has 0 unspecified atom stereocenters. The van der Waals surface area contributed by atoms with Gasteiger partial charge in [0.1, 0.15) is 0 Å². The van der Waals surface area contributed by atoms with Crippen molar-refractivity contribution >= 4 is 35.8 Å². The van der Waals surface area contributed by atoms with Crippen LogP contribution >= 0.6 is 24.0 Å². The molecule has 0 aromatic rings. The number of carbonyl (C=O) groups is 1. The fraction of sp³-hybridized carbons (Fsp3) is 0.867. The third-order valence-corrected chi connectivity index (χ3v) is 2.55. The molecule has 0 spiro atoms. The zero-order chi connectivity index (χ0) is 15.8. The van der Waals surface area contributed by atoms with Gasteiger partial charge in [-0.1, -0.05) is 20.8 Å². The number of guanidine groups is 1. The zero-order valence-corrected chi connectivity index (χ0v) is 16.9. The second kappa shape index (κ2) is 10.2. The smallest absolute Gasteiger partial charge is 0.239 e. The first-order chi connectivity index (χ1) is 9.03. The topological polar surface area (TPSA) is 65.5 Å². The molecule has 0 fully saturated rings. The summed E-state index contributed by atoms with van der Waals surface area (Å²) in [7, 11) is 1.71.